The van der Waals surface area contributed by atoms with Crippen molar-refractivity contribution in [2.24, 2.45) is 0 Å². The maximum absolute atomic E-state index is 6.18. The highest BCUT2D eigenvalue weighted by Crippen LogP contribution is 2.67. The first kappa shape index (κ1) is 38.6. The first-order chi connectivity index (χ1) is 23.8. The lowest BCUT2D eigenvalue weighted by molar-refractivity contribution is -0.0120. The Bertz CT molecular complexity index is 1110. The van der Waals surface area contributed by atoms with Crippen LogP contribution in [-0.4, -0.2) is 115 Å². The molecule has 12 aliphatic heterocycles. The van der Waals surface area contributed by atoms with Crippen molar-refractivity contribution < 1.29 is 37.9 Å². The summed E-state index contributed by atoms with van der Waals surface area (Å²) in [5.74, 6) is 3.91. The van der Waals surface area contributed by atoms with E-state index < -0.39 is 0 Å². The molecule has 266 valence electrons. The summed E-state index contributed by atoms with van der Waals surface area (Å²) in [6, 6.07) is 8.31. The maximum atomic E-state index is 6.18. The molecule has 16 heteroatoms. The molecule has 0 spiro atoms. The van der Waals surface area contributed by atoms with Gasteiger partial charge in [-0.05, 0) is 11.1 Å². The van der Waals surface area contributed by atoms with Gasteiger partial charge in [0, 0.05) is 23.0 Å². The highest BCUT2D eigenvalue weighted by Gasteiger charge is 2.34. The Morgan fingerprint density at radius 1 is 0.354 bits per heavy atom. The smallest absolute Gasteiger partial charge is 0.0764 e. The van der Waals surface area contributed by atoms with Crippen LogP contribution in [0.3, 0.4) is 0 Å². The second-order valence-corrected chi connectivity index (χ2v) is 20.5. The number of benzene rings is 1. The van der Waals surface area contributed by atoms with E-state index in [1.807, 2.05) is 94.1 Å². The number of thioether (sulfide) groups is 8. The van der Waals surface area contributed by atoms with Crippen LogP contribution < -0.4 is 0 Å². The summed E-state index contributed by atoms with van der Waals surface area (Å²) < 4.78 is 55.3. The van der Waals surface area contributed by atoms with Gasteiger partial charge in [0.05, 0.1) is 130 Å². The van der Waals surface area contributed by atoms with Gasteiger partial charge in [0.1, 0.15) is 0 Å². The van der Waals surface area contributed by atoms with Crippen LogP contribution in [0.25, 0.3) is 0 Å². The summed E-state index contributed by atoms with van der Waals surface area (Å²) in [7, 11) is 0. The van der Waals surface area contributed by atoms with Crippen molar-refractivity contribution in [3.8, 4) is 0 Å². The monoisotopic (exact) mass is 810 g/mol. The van der Waals surface area contributed by atoms with E-state index in [1.54, 1.807) is 0 Å². The predicted octanol–water partition coefficient (Wildman–Crippen LogP) is 7.87. The zero-order chi connectivity index (χ0) is 32.6. The van der Waals surface area contributed by atoms with Crippen LogP contribution in [0, 0.1) is 0 Å². The van der Waals surface area contributed by atoms with Gasteiger partial charge in [0.15, 0.2) is 0 Å². The second-order valence-electron chi connectivity index (χ2n) is 10.7. The van der Waals surface area contributed by atoms with E-state index in [0.717, 1.165) is 34.1 Å². The third kappa shape index (κ3) is 13.1. The highest BCUT2D eigenvalue weighted by atomic mass is 32.3. The van der Waals surface area contributed by atoms with Crippen molar-refractivity contribution in [3.63, 3.8) is 0 Å². The summed E-state index contributed by atoms with van der Waals surface area (Å²) in [6.45, 7) is 7.90. The lowest BCUT2D eigenvalue weighted by Crippen LogP contribution is -2.21. The highest BCUT2D eigenvalue weighted by molar-refractivity contribution is 8.45. The van der Waals surface area contributed by atoms with Gasteiger partial charge in [-0.25, -0.2) is 0 Å². The van der Waals surface area contributed by atoms with Gasteiger partial charge in [-0.15, -0.1) is 47.0 Å². The van der Waals surface area contributed by atoms with Gasteiger partial charge in [-0.3, -0.25) is 0 Å². The molecule has 0 aromatic heterocycles. The Hall–Kier alpha value is 0.920. The Balaban J connectivity index is 0.926. The van der Waals surface area contributed by atoms with Gasteiger partial charge in [-0.1, -0.05) is 71.3 Å². The number of hydrogen-bond acceptors (Lipinski definition) is 16. The molecular weight excluding hydrogens is 769 g/mol. The van der Waals surface area contributed by atoms with E-state index in [-0.39, 0.29) is 12.2 Å². The van der Waals surface area contributed by atoms with E-state index >= 15 is 0 Å². The standard InChI is InChI=1S/C32H42O8S8/c1-2-24-4-3-23(1)17-37-11-9-33-5-7-35-13-15-39-25-19-41-27-28(42-20-25)46-31(45-27)32-47-29-30(48-32)44-22-26(21-43-29)40-16-14-36-8-6-34-10-12-38-18-24/h1-4,25-26H,5-22H2. The Labute approximate surface area is 318 Å². The molecule has 12 aliphatic rings. The van der Waals surface area contributed by atoms with Crippen LogP contribution in [-0.2, 0) is 51.1 Å². The number of ether oxygens (including phenoxy) is 8. The van der Waals surface area contributed by atoms with E-state index in [0.29, 0.717) is 92.5 Å². The Morgan fingerprint density at radius 2 is 0.646 bits per heavy atom. The van der Waals surface area contributed by atoms with Crippen molar-refractivity contribution >= 4 is 94.1 Å². The lowest BCUT2D eigenvalue weighted by atomic mass is 10.1. The molecule has 0 saturated carbocycles. The van der Waals surface area contributed by atoms with Gasteiger partial charge in [0.25, 0.3) is 0 Å². The fourth-order valence-electron chi connectivity index (χ4n) is 4.57. The molecule has 0 aliphatic carbocycles. The molecule has 0 atom stereocenters. The van der Waals surface area contributed by atoms with Crippen LogP contribution in [0.15, 0.2) is 49.7 Å². The molecule has 0 unspecified atom stereocenters. The summed E-state index contributed by atoms with van der Waals surface area (Å²) in [5, 5.41) is 0. The molecule has 13 rings (SSSR count). The molecule has 0 N–H and O–H groups in total. The summed E-state index contributed by atoms with van der Waals surface area (Å²) >= 11 is 15.6. The maximum Gasteiger partial charge on any atom is 0.0764 e. The zero-order valence-electron chi connectivity index (χ0n) is 26.7. The van der Waals surface area contributed by atoms with E-state index in [1.165, 1.54) is 25.4 Å². The third-order valence-electron chi connectivity index (χ3n) is 7.05. The van der Waals surface area contributed by atoms with Crippen LogP contribution in [0.2, 0.25) is 0 Å². The third-order valence-corrected chi connectivity index (χ3v) is 19.2. The fourth-order valence-corrected chi connectivity index (χ4v) is 17.0. The normalized spacial score (nSPS) is 27.4. The minimum Gasteiger partial charge on any atom is -0.377 e. The predicted molar refractivity (Wildman–Crippen MR) is 210 cm³/mol. The second kappa shape index (κ2) is 22.2. The first-order valence-electron chi connectivity index (χ1n) is 16.0. The molecule has 1 aromatic rings. The molecule has 1 aromatic carbocycles. The minimum absolute atomic E-state index is 0.228. The lowest BCUT2D eigenvalue weighted by Gasteiger charge is -2.16. The van der Waals surface area contributed by atoms with E-state index in [9.17, 15) is 0 Å². The van der Waals surface area contributed by atoms with Gasteiger partial charge >= 0.3 is 0 Å². The van der Waals surface area contributed by atoms with Gasteiger partial charge < -0.3 is 37.9 Å². The van der Waals surface area contributed by atoms with Crippen molar-refractivity contribution in [2.75, 3.05) is 102 Å². The summed E-state index contributed by atoms with van der Waals surface area (Å²) in [6.07, 6.45) is 0.457. The molecule has 0 fully saturated rings. The van der Waals surface area contributed by atoms with Gasteiger partial charge in [-0.2, -0.15) is 0 Å². The molecule has 48 heavy (non-hydrogen) atoms. The molecule has 0 amide bonds. The Morgan fingerprint density at radius 3 is 0.979 bits per heavy atom. The average Bonchev–Trinajstić information content (AvgIpc) is 3.60. The number of rotatable bonds is 0. The van der Waals surface area contributed by atoms with E-state index in [4.69, 9.17) is 37.9 Å². The largest absolute Gasteiger partial charge is 0.377 e. The van der Waals surface area contributed by atoms with Crippen LogP contribution in [0.4, 0.5) is 0 Å². The van der Waals surface area contributed by atoms with Crippen molar-refractivity contribution in [1.82, 2.24) is 0 Å². The molecule has 0 radical (unpaired) electrons. The molecule has 12 heterocycles. The summed E-state index contributed by atoms with van der Waals surface area (Å²) in [5.41, 5.74) is 2.26. The number of hydrogen-bond donors (Lipinski definition) is 0. The SMILES string of the molecule is c1cc2ccc1COCCOCCOCCOC1CSC3=C(SC1)SC(=C1SC4=C(SCC(CS4)OCCOCCOCCOC2)S1)S3. The van der Waals surface area contributed by atoms with Crippen LogP contribution in [0.5, 0.6) is 0 Å². The van der Waals surface area contributed by atoms with Crippen molar-refractivity contribution in [2.45, 2.75) is 25.4 Å². The van der Waals surface area contributed by atoms with E-state index in [2.05, 4.69) is 24.3 Å². The van der Waals surface area contributed by atoms with Crippen molar-refractivity contribution in [1.29, 1.82) is 0 Å². The van der Waals surface area contributed by atoms with Crippen molar-refractivity contribution in [3.05, 3.63) is 60.8 Å². The summed E-state index contributed by atoms with van der Waals surface area (Å²) in [4.78, 5) is 0. The average molecular weight is 811 g/mol. The molecule has 8 nitrogen and oxygen atoms in total. The zero-order valence-corrected chi connectivity index (χ0v) is 33.3. The topological polar surface area (TPSA) is 73.8 Å². The quantitative estimate of drug-likeness (QED) is 0.255. The molecule has 0 saturated heterocycles. The fraction of sp³-hybridized carbons (Fsp3) is 0.625. The minimum atomic E-state index is 0.228. The molecular formula is C32H42O8S8. The molecule has 10 bridgehead atoms. The first-order valence-corrected chi connectivity index (χ1v) is 23.2. The van der Waals surface area contributed by atoms with Crippen LogP contribution >= 0.6 is 94.1 Å². The van der Waals surface area contributed by atoms with Crippen LogP contribution in [0.1, 0.15) is 11.1 Å². The van der Waals surface area contributed by atoms with Gasteiger partial charge in [0.2, 0.25) is 0 Å². The Kier molecular flexibility index (Phi) is 17.9.